The van der Waals surface area contributed by atoms with Gasteiger partial charge in [0.15, 0.2) is 0 Å². The van der Waals surface area contributed by atoms with E-state index in [1.807, 2.05) is 6.08 Å². The Morgan fingerprint density at radius 1 is 1.58 bits per heavy atom. The Kier molecular flexibility index (Phi) is 4.37. The highest BCUT2D eigenvalue weighted by Crippen LogP contribution is 2.34. The van der Waals surface area contributed by atoms with Crippen LogP contribution in [0, 0.1) is 5.92 Å². The molecular weight excluding hydrogens is 146 g/mol. The third kappa shape index (κ3) is 3.40. The van der Waals surface area contributed by atoms with E-state index in [-0.39, 0.29) is 0 Å². The average molecular weight is 167 g/mol. The van der Waals surface area contributed by atoms with Gasteiger partial charge in [0.2, 0.25) is 0 Å². The zero-order valence-electron chi connectivity index (χ0n) is 8.18. The molecule has 0 aliphatic heterocycles. The molecule has 0 saturated heterocycles. The molecule has 0 aromatic carbocycles. The molecule has 0 aromatic heterocycles. The number of rotatable bonds is 7. The first kappa shape index (κ1) is 9.79. The number of hydrogen-bond acceptors (Lipinski definition) is 1. The van der Waals surface area contributed by atoms with Crippen LogP contribution in [0.15, 0.2) is 12.7 Å². The zero-order chi connectivity index (χ0) is 8.81. The van der Waals surface area contributed by atoms with Gasteiger partial charge in [0.25, 0.3) is 0 Å². The summed E-state index contributed by atoms with van der Waals surface area (Å²) in [7, 11) is 0. The fraction of sp³-hybridized carbons (Fsp3) is 0.818. The van der Waals surface area contributed by atoms with E-state index < -0.39 is 0 Å². The lowest BCUT2D eigenvalue weighted by Crippen LogP contribution is -2.31. The first-order valence-corrected chi connectivity index (χ1v) is 5.22. The molecule has 1 fully saturated rings. The van der Waals surface area contributed by atoms with Crippen LogP contribution in [0.25, 0.3) is 0 Å². The molecule has 0 aromatic rings. The van der Waals surface area contributed by atoms with Gasteiger partial charge >= 0.3 is 0 Å². The van der Waals surface area contributed by atoms with Crippen LogP contribution in [0.1, 0.15) is 39.0 Å². The maximum Gasteiger partial charge on any atom is 0.00982 e. The van der Waals surface area contributed by atoms with Crippen molar-refractivity contribution in [1.29, 1.82) is 0 Å². The van der Waals surface area contributed by atoms with Crippen molar-refractivity contribution in [1.82, 2.24) is 5.32 Å². The van der Waals surface area contributed by atoms with Crippen molar-refractivity contribution in [3.05, 3.63) is 12.7 Å². The first-order chi connectivity index (χ1) is 5.88. The highest BCUT2D eigenvalue weighted by atomic mass is 14.9. The SMILES string of the molecule is C=CCCC(NCCC)C1CC1. The predicted octanol–water partition coefficient (Wildman–Crippen LogP) is 2.73. The lowest BCUT2D eigenvalue weighted by molar-refractivity contribution is 0.438. The van der Waals surface area contributed by atoms with E-state index in [9.17, 15) is 0 Å². The maximum atomic E-state index is 3.76. The molecule has 1 N–H and O–H groups in total. The summed E-state index contributed by atoms with van der Waals surface area (Å²) in [6.07, 6.45) is 8.61. The number of allylic oxidation sites excluding steroid dienone is 1. The van der Waals surface area contributed by atoms with Gasteiger partial charge in [-0.3, -0.25) is 0 Å². The summed E-state index contributed by atoms with van der Waals surface area (Å²) < 4.78 is 0. The second-order valence-corrected chi connectivity index (χ2v) is 3.76. The van der Waals surface area contributed by atoms with E-state index in [0.29, 0.717) is 0 Å². The Balaban J connectivity index is 2.13. The van der Waals surface area contributed by atoms with Gasteiger partial charge in [-0.1, -0.05) is 13.0 Å². The topological polar surface area (TPSA) is 12.0 Å². The van der Waals surface area contributed by atoms with Gasteiger partial charge < -0.3 is 5.32 Å². The highest BCUT2D eigenvalue weighted by molar-refractivity contribution is 4.87. The Hall–Kier alpha value is -0.300. The fourth-order valence-electron chi connectivity index (χ4n) is 1.63. The smallest absolute Gasteiger partial charge is 0.00982 e. The third-order valence-electron chi connectivity index (χ3n) is 2.53. The summed E-state index contributed by atoms with van der Waals surface area (Å²) >= 11 is 0. The Bertz CT molecular complexity index is 127. The van der Waals surface area contributed by atoms with Crippen LogP contribution in [-0.4, -0.2) is 12.6 Å². The first-order valence-electron chi connectivity index (χ1n) is 5.22. The minimum Gasteiger partial charge on any atom is -0.314 e. The van der Waals surface area contributed by atoms with E-state index in [2.05, 4.69) is 18.8 Å². The molecule has 0 bridgehead atoms. The van der Waals surface area contributed by atoms with Gasteiger partial charge in [-0.2, -0.15) is 0 Å². The van der Waals surface area contributed by atoms with Crippen molar-refractivity contribution in [2.75, 3.05) is 6.54 Å². The molecule has 1 unspecified atom stereocenters. The molecular formula is C11H21N. The van der Waals surface area contributed by atoms with Gasteiger partial charge in [-0.25, -0.2) is 0 Å². The standard InChI is InChI=1S/C11H21N/c1-3-5-6-11(10-7-8-10)12-9-4-2/h3,10-12H,1,4-9H2,2H3. The highest BCUT2D eigenvalue weighted by Gasteiger charge is 2.29. The van der Waals surface area contributed by atoms with Crippen LogP contribution < -0.4 is 5.32 Å². The molecule has 0 radical (unpaired) electrons. The van der Waals surface area contributed by atoms with Gasteiger partial charge in [0, 0.05) is 6.04 Å². The van der Waals surface area contributed by atoms with Gasteiger partial charge in [0.1, 0.15) is 0 Å². The Labute approximate surface area is 76.2 Å². The molecule has 1 nitrogen and oxygen atoms in total. The molecule has 1 saturated carbocycles. The van der Waals surface area contributed by atoms with E-state index in [4.69, 9.17) is 0 Å². The molecule has 70 valence electrons. The van der Waals surface area contributed by atoms with Gasteiger partial charge in [-0.15, -0.1) is 6.58 Å². The van der Waals surface area contributed by atoms with Crippen LogP contribution in [0.3, 0.4) is 0 Å². The average Bonchev–Trinajstić information content (AvgIpc) is 2.88. The summed E-state index contributed by atoms with van der Waals surface area (Å²) in [5, 5.41) is 3.62. The number of hydrogen-bond donors (Lipinski definition) is 1. The third-order valence-corrected chi connectivity index (χ3v) is 2.53. The summed E-state index contributed by atoms with van der Waals surface area (Å²) in [4.78, 5) is 0. The molecule has 1 atom stereocenters. The van der Waals surface area contributed by atoms with Crippen LogP contribution in [0.2, 0.25) is 0 Å². The largest absolute Gasteiger partial charge is 0.314 e. The van der Waals surface area contributed by atoms with Crippen molar-refractivity contribution in [2.24, 2.45) is 5.92 Å². The predicted molar refractivity (Wildman–Crippen MR) is 54.2 cm³/mol. The molecule has 1 aliphatic carbocycles. The van der Waals surface area contributed by atoms with Crippen LogP contribution in [0.5, 0.6) is 0 Å². The van der Waals surface area contributed by atoms with E-state index in [1.165, 1.54) is 32.2 Å². The second kappa shape index (κ2) is 5.36. The maximum absolute atomic E-state index is 3.76. The monoisotopic (exact) mass is 167 g/mol. The van der Waals surface area contributed by atoms with Crippen LogP contribution in [-0.2, 0) is 0 Å². The van der Waals surface area contributed by atoms with Gasteiger partial charge in [-0.05, 0) is 44.6 Å². The summed E-state index contributed by atoms with van der Waals surface area (Å²) in [5.41, 5.74) is 0. The second-order valence-electron chi connectivity index (χ2n) is 3.76. The lowest BCUT2D eigenvalue weighted by Gasteiger charge is -2.16. The quantitative estimate of drug-likeness (QED) is 0.575. The minimum atomic E-state index is 0.781. The van der Waals surface area contributed by atoms with Crippen molar-refractivity contribution in [2.45, 2.75) is 45.1 Å². The molecule has 0 amide bonds. The van der Waals surface area contributed by atoms with Crippen LogP contribution in [0.4, 0.5) is 0 Å². The summed E-state index contributed by atoms with van der Waals surface area (Å²) in [6.45, 7) is 7.17. The van der Waals surface area contributed by atoms with Crippen LogP contribution >= 0.6 is 0 Å². The Morgan fingerprint density at radius 3 is 2.83 bits per heavy atom. The van der Waals surface area contributed by atoms with Crippen molar-refractivity contribution in [3.63, 3.8) is 0 Å². The molecule has 0 spiro atoms. The molecule has 1 aliphatic rings. The Morgan fingerprint density at radius 2 is 2.33 bits per heavy atom. The fourth-order valence-corrected chi connectivity index (χ4v) is 1.63. The minimum absolute atomic E-state index is 0.781. The van der Waals surface area contributed by atoms with Crippen molar-refractivity contribution in [3.8, 4) is 0 Å². The van der Waals surface area contributed by atoms with E-state index in [0.717, 1.165) is 18.4 Å². The zero-order valence-corrected chi connectivity index (χ0v) is 8.18. The number of nitrogens with one attached hydrogen (secondary N) is 1. The van der Waals surface area contributed by atoms with Crippen molar-refractivity contribution < 1.29 is 0 Å². The molecule has 1 heteroatoms. The lowest BCUT2D eigenvalue weighted by atomic mass is 10.1. The van der Waals surface area contributed by atoms with Gasteiger partial charge in [0.05, 0.1) is 0 Å². The molecule has 12 heavy (non-hydrogen) atoms. The van der Waals surface area contributed by atoms with E-state index >= 15 is 0 Å². The summed E-state index contributed by atoms with van der Waals surface area (Å²) in [6, 6.07) is 0.781. The molecule has 0 heterocycles. The molecule has 1 rings (SSSR count). The normalized spacial score (nSPS) is 19.1. The summed E-state index contributed by atoms with van der Waals surface area (Å²) in [5.74, 6) is 0.983. The van der Waals surface area contributed by atoms with Crippen molar-refractivity contribution >= 4 is 0 Å². The van der Waals surface area contributed by atoms with E-state index in [1.54, 1.807) is 0 Å².